The molecule has 3 aromatic rings. The van der Waals surface area contributed by atoms with Crippen LogP contribution in [0.2, 0.25) is 5.02 Å². The highest BCUT2D eigenvalue weighted by Gasteiger charge is 2.12. The van der Waals surface area contributed by atoms with E-state index in [0.717, 1.165) is 11.8 Å². The van der Waals surface area contributed by atoms with Crippen molar-refractivity contribution < 1.29 is 13.6 Å². The Labute approximate surface area is 144 Å². The van der Waals surface area contributed by atoms with Crippen molar-refractivity contribution in [3.63, 3.8) is 0 Å². The zero-order chi connectivity index (χ0) is 16.9. The van der Waals surface area contributed by atoms with Crippen LogP contribution in [0.1, 0.15) is 5.89 Å². The Morgan fingerprint density at radius 3 is 3.08 bits per heavy atom. The van der Waals surface area contributed by atoms with Crippen molar-refractivity contribution in [1.29, 1.82) is 0 Å². The van der Waals surface area contributed by atoms with Crippen molar-refractivity contribution in [2.24, 2.45) is 0 Å². The van der Waals surface area contributed by atoms with Crippen LogP contribution >= 0.6 is 23.4 Å². The van der Waals surface area contributed by atoms with E-state index in [9.17, 15) is 9.18 Å². The smallest absolute Gasteiger partial charge is 0.277 e. The minimum atomic E-state index is -0.564. The van der Waals surface area contributed by atoms with Gasteiger partial charge in [-0.2, -0.15) is 5.10 Å². The Morgan fingerprint density at radius 2 is 2.29 bits per heavy atom. The molecule has 124 valence electrons. The van der Waals surface area contributed by atoms with Gasteiger partial charge in [0.15, 0.2) is 0 Å². The number of rotatable bonds is 6. The SMILES string of the molecule is O=C(CSc1nnc(Cn2cncn2)o1)Nc1cc(Cl)ccc1F. The predicted octanol–water partition coefficient (Wildman–Crippen LogP) is 2.23. The van der Waals surface area contributed by atoms with Gasteiger partial charge in [-0.15, -0.1) is 10.2 Å². The first-order valence-electron chi connectivity index (χ1n) is 6.62. The largest absolute Gasteiger partial charge is 0.414 e. The van der Waals surface area contributed by atoms with Gasteiger partial charge in [-0.25, -0.2) is 14.1 Å². The summed E-state index contributed by atoms with van der Waals surface area (Å²) in [6.45, 7) is 0.285. The van der Waals surface area contributed by atoms with E-state index >= 15 is 0 Å². The fourth-order valence-electron chi connectivity index (χ4n) is 1.72. The molecule has 0 aliphatic carbocycles. The molecular formula is C13H10ClFN6O2S. The number of nitrogens with one attached hydrogen (secondary N) is 1. The van der Waals surface area contributed by atoms with Gasteiger partial charge < -0.3 is 9.73 Å². The molecule has 0 aliphatic rings. The maximum absolute atomic E-state index is 13.5. The highest BCUT2D eigenvalue weighted by molar-refractivity contribution is 7.99. The van der Waals surface area contributed by atoms with Crippen LogP contribution in [0.3, 0.4) is 0 Å². The van der Waals surface area contributed by atoms with E-state index in [1.54, 1.807) is 0 Å². The number of amides is 1. The quantitative estimate of drug-likeness (QED) is 0.666. The van der Waals surface area contributed by atoms with Crippen LogP contribution in [-0.4, -0.2) is 36.6 Å². The van der Waals surface area contributed by atoms with Crippen LogP contribution in [0, 0.1) is 5.82 Å². The Hall–Kier alpha value is -2.46. The molecule has 1 amide bonds. The fraction of sp³-hybridized carbons (Fsp3) is 0.154. The fourth-order valence-corrected chi connectivity index (χ4v) is 2.47. The van der Waals surface area contributed by atoms with Gasteiger partial charge in [0, 0.05) is 5.02 Å². The molecule has 1 aromatic carbocycles. The lowest BCUT2D eigenvalue weighted by Gasteiger charge is -2.05. The summed E-state index contributed by atoms with van der Waals surface area (Å²) in [4.78, 5) is 15.7. The third kappa shape index (κ3) is 4.30. The van der Waals surface area contributed by atoms with E-state index in [-0.39, 0.29) is 23.2 Å². The van der Waals surface area contributed by atoms with Crippen molar-refractivity contribution in [1.82, 2.24) is 25.0 Å². The van der Waals surface area contributed by atoms with E-state index in [1.807, 2.05) is 0 Å². The number of carbonyl (C=O) groups excluding carboxylic acids is 1. The van der Waals surface area contributed by atoms with E-state index in [4.69, 9.17) is 16.0 Å². The second-order valence-corrected chi connectivity index (χ2v) is 5.88. The van der Waals surface area contributed by atoms with Crippen molar-refractivity contribution in [3.8, 4) is 0 Å². The van der Waals surface area contributed by atoms with Crippen LogP contribution in [0.15, 0.2) is 40.5 Å². The standard InChI is InChI=1S/C13H10ClFN6O2S/c14-8-1-2-9(15)10(3-8)18-11(22)5-24-13-20-19-12(23-13)4-21-7-16-6-17-21/h1-3,6-7H,4-5H2,(H,18,22). The van der Waals surface area contributed by atoms with Crippen molar-refractivity contribution in [2.75, 3.05) is 11.1 Å². The van der Waals surface area contributed by atoms with Crippen molar-refractivity contribution in [3.05, 3.63) is 47.6 Å². The summed E-state index contributed by atoms with van der Waals surface area (Å²) in [5.74, 6) is -0.663. The summed E-state index contributed by atoms with van der Waals surface area (Å²) in [7, 11) is 0. The second-order valence-electron chi connectivity index (χ2n) is 4.52. The maximum Gasteiger partial charge on any atom is 0.277 e. The zero-order valence-corrected chi connectivity index (χ0v) is 13.6. The molecule has 11 heteroatoms. The lowest BCUT2D eigenvalue weighted by molar-refractivity contribution is -0.113. The van der Waals surface area contributed by atoms with E-state index in [1.165, 1.54) is 35.5 Å². The number of benzene rings is 1. The molecular weight excluding hydrogens is 359 g/mol. The molecule has 0 saturated heterocycles. The Balaban J connectivity index is 1.53. The maximum atomic E-state index is 13.5. The first-order chi connectivity index (χ1) is 11.6. The molecule has 0 bridgehead atoms. The number of carbonyl (C=O) groups is 1. The predicted molar refractivity (Wildman–Crippen MR) is 84.2 cm³/mol. The molecule has 3 rings (SSSR count). The van der Waals surface area contributed by atoms with Crippen LogP contribution in [-0.2, 0) is 11.3 Å². The highest BCUT2D eigenvalue weighted by Crippen LogP contribution is 2.21. The van der Waals surface area contributed by atoms with Crippen LogP contribution < -0.4 is 5.32 Å². The first kappa shape index (κ1) is 16.4. The summed E-state index contributed by atoms with van der Waals surface area (Å²) >= 11 is 6.80. The molecule has 0 atom stereocenters. The van der Waals surface area contributed by atoms with Gasteiger partial charge in [0.05, 0.1) is 11.4 Å². The molecule has 2 aromatic heterocycles. The molecule has 24 heavy (non-hydrogen) atoms. The average molecular weight is 369 g/mol. The van der Waals surface area contributed by atoms with Gasteiger partial charge in [-0.1, -0.05) is 23.4 Å². The monoisotopic (exact) mass is 368 g/mol. The highest BCUT2D eigenvalue weighted by atomic mass is 35.5. The molecule has 0 aliphatic heterocycles. The summed E-state index contributed by atoms with van der Waals surface area (Å²) in [5.41, 5.74) is 0.0190. The van der Waals surface area contributed by atoms with E-state index < -0.39 is 11.7 Å². The lowest BCUT2D eigenvalue weighted by Crippen LogP contribution is -2.15. The molecule has 2 heterocycles. The number of anilines is 1. The second kappa shape index (κ2) is 7.41. The number of hydrogen-bond donors (Lipinski definition) is 1. The van der Waals surface area contributed by atoms with Gasteiger partial charge >= 0.3 is 0 Å². The third-order valence-corrected chi connectivity index (χ3v) is 3.79. The Kier molecular flexibility index (Phi) is 5.06. The van der Waals surface area contributed by atoms with Crippen LogP contribution in [0.4, 0.5) is 10.1 Å². The average Bonchev–Trinajstić information content (AvgIpc) is 3.21. The summed E-state index contributed by atoms with van der Waals surface area (Å²) in [5, 5.41) is 14.6. The first-order valence-corrected chi connectivity index (χ1v) is 7.99. The molecule has 1 N–H and O–H groups in total. The van der Waals surface area contributed by atoms with Crippen LogP contribution in [0.5, 0.6) is 0 Å². The number of halogens is 2. The van der Waals surface area contributed by atoms with Crippen LogP contribution in [0.25, 0.3) is 0 Å². The zero-order valence-electron chi connectivity index (χ0n) is 12.0. The van der Waals surface area contributed by atoms with E-state index in [0.29, 0.717) is 10.9 Å². The molecule has 0 spiro atoms. The summed E-state index contributed by atoms with van der Waals surface area (Å²) < 4.78 is 20.4. The summed E-state index contributed by atoms with van der Waals surface area (Å²) in [6, 6.07) is 3.91. The van der Waals surface area contributed by atoms with Gasteiger partial charge in [0.1, 0.15) is 25.0 Å². The Morgan fingerprint density at radius 1 is 1.42 bits per heavy atom. The van der Waals surface area contributed by atoms with Crippen molar-refractivity contribution in [2.45, 2.75) is 11.8 Å². The molecule has 0 saturated carbocycles. The molecule has 0 fully saturated rings. The van der Waals surface area contributed by atoms with Gasteiger partial charge in [-0.3, -0.25) is 4.79 Å². The third-order valence-electron chi connectivity index (χ3n) is 2.74. The minimum Gasteiger partial charge on any atom is -0.414 e. The molecule has 0 unspecified atom stereocenters. The topological polar surface area (TPSA) is 98.7 Å². The van der Waals surface area contributed by atoms with E-state index in [2.05, 4.69) is 25.6 Å². The number of hydrogen-bond acceptors (Lipinski definition) is 7. The lowest BCUT2D eigenvalue weighted by atomic mass is 10.3. The normalized spacial score (nSPS) is 10.8. The van der Waals surface area contributed by atoms with Crippen molar-refractivity contribution >= 4 is 35.0 Å². The Bertz CT molecular complexity index is 841. The number of aromatic nitrogens is 5. The van der Waals surface area contributed by atoms with Gasteiger partial charge in [0.2, 0.25) is 11.8 Å². The van der Waals surface area contributed by atoms with Gasteiger partial charge in [-0.05, 0) is 18.2 Å². The van der Waals surface area contributed by atoms with Gasteiger partial charge in [0.25, 0.3) is 5.22 Å². The summed E-state index contributed by atoms with van der Waals surface area (Å²) in [6.07, 6.45) is 2.91. The number of thioether (sulfide) groups is 1. The molecule has 8 nitrogen and oxygen atoms in total. The molecule has 0 radical (unpaired) electrons. The minimum absolute atomic E-state index is 0.0170. The number of nitrogens with zero attached hydrogens (tertiary/aromatic N) is 5.